The summed E-state index contributed by atoms with van der Waals surface area (Å²) >= 11 is 0. The number of nitrogens with two attached hydrogens (primary N) is 1. The molecule has 0 saturated heterocycles. The van der Waals surface area contributed by atoms with Crippen LogP contribution in [-0.4, -0.2) is 26.2 Å². The topological polar surface area (TPSA) is 64.3 Å². The van der Waals surface area contributed by atoms with Gasteiger partial charge in [0.2, 0.25) is 0 Å². The van der Waals surface area contributed by atoms with E-state index in [1.807, 2.05) is 19.9 Å². The molecule has 0 saturated carbocycles. The largest absolute Gasteiger partial charge is 0.398 e. The van der Waals surface area contributed by atoms with Gasteiger partial charge >= 0.3 is 0 Å². The summed E-state index contributed by atoms with van der Waals surface area (Å²) in [7, 11) is 1.65. The highest BCUT2D eigenvalue weighted by atomic mass is 16.5. The molecule has 1 aromatic carbocycles. The maximum atomic E-state index is 11.9. The van der Waals surface area contributed by atoms with Crippen LogP contribution in [-0.2, 0) is 4.74 Å². The normalized spacial score (nSPS) is 10.3. The summed E-state index contributed by atoms with van der Waals surface area (Å²) in [6, 6.07) is 3.66. The predicted molar refractivity (Wildman–Crippen MR) is 69.2 cm³/mol. The molecule has 17 heavy (non-hydrogen) atoms. The van der Waals surface area contributed by atoms with E-state index >= 15 is 0 Å². The zero-order chi connectivity index (χ0) is 12.8. The van der Waals surface area contributed by atoms with Crippen molar-refractivity contribution >= 4 is 11.6 Å². The summed E-state index contributed by atoms with van der Waals surface area (Å²) in [6.45, 7) is 5.11. The molecule has 0 bridgehead atoms. The second-order valence-electron chi connectivity index (χ2n) is 4.13. The Labute approximate surface area is 102 Å². The van der Waals surface area contributed by atoms with Crippen molar-refractivity contribution in [2.45, 2.75) is 20.3 Å². The molecule has 0 fully saturated rings. The lowest BCUT2D eigenvalue weighted by Crippen LogP contribution is -2.26. The molecule has 1 amide bonds. The molecule has 4 heteroatoms. The minimum absolute atomic E-state index is 0.0784. The van der Waals surface area contributed by atoms with E-state index in [-0.39, 0.29) is 5.91 Å². The van der Waals surface area contributed by atoms with E-state index in [0.717, 1.165) is 17.5 Å². The van der Waals surface area contributed by atoms with Crippen LogP contribution in [0.5, 0.6) is 0 Å². The van der Waals surface area contributed by atoms with Crippen LogP contribution < -0.4 is 11.1 Å². The summed E-state index contributed by atoms with van der Waals surface area (Å²) < 4.78 is 4.92. The first-order chi connectivity index (χ1) is 8.06. The maximum Gasteiger partial charge on any atom is 0.251 e. The Kier molecular flexibility index (Phi) is 4.97. The molecule has 1 rings (SSSR count). The van der Waals surface area contributed by atoms with Gasteiger partial charge < -0.3 is 15.8 Å². The van der Waals surface area contributed by atoms with Gasteiger partial charge in [0.15, 0.2) is 0 Å². The fourth-order valence-electron chi connectivity index (χ4n) is 1.63. The number of hydrogen-bond donors (Lipinski definition) is 2. The second-order valence-corrected chi connectivity index (χ2v) is 4.13. The number of carbonyl (C=O) groups is 1. The molecule has 0 unspecified atom stereocenters. The van der Waals surface area contributed by atoms with Gasteiger partial charge in [0.05, 0.1) is 0 Å². The molecule has 1 aromatic rings. The highest BCUT2D eigenvalue weighted by Gasteiger charge is 2.10. The van der Waals surface area contributed by atoms with Gasteiger partial charge in [-0.15, -0.1) is 0 Å². The Morgan fingerprint density at radius 3 is 2.71 bits per heavy atom. The highest BCUT2D eigenvalue weighted by Crippen LogP contribution is 2.17. The quantitative estimate of drug-likeness (QED) is 0.603. The fraction of sp³-hybridized carbons (Fsp3) is 0.462. The molecule has 0 aliphatic rings. The van der Waals surface area contributed by atoms with E-state index in [1.54, 1.807) is 13.2 Å². The van der Waals surface area contributed by atoms with Crippen LogP contribution in [0.25, 0.3) is 0 Å². The lowest BCUT2D eigenvalue weighted by Gasteiger charge is -2.10. The van der Waals surface area contributed by atoms with E-state index in [1.165, 1.54) is 0 Å². The number of anilines is 1. The molecule has 94 valence electrons. The number of rotatable bonds is 5. The van der Waals surface area contributed by atoms with Crippen LogP contribution in [0.1, 0.15) is 27.9 Å². The van der Waals surface area contributed by atoms with Crippen LogP contribution in [0.15, 0.2) is 12.1 Å². The third-order valence-corrected chi connectivity index (χ3v) is 2.67. The van der Waals surface area contributed by atoms with Gasteiger partial charge in [-0.3, -0.25) is 4.79 Å². The van der Waals surface area contributed by atoms with Crippen LogP contribution in [0, 0.1) is 13.8 Å². The smallest absolute Gasteiger partial charge is 0.251 e. The van der Waals surface area contributed by atoms with Crippen molar-refractivity contribution in [2.24, 2.45) is 0 Å². The van der Waals surface area contributed by atoms with Gasteiger partial charge in [0.1, 0.15) is 0 Å². The monoisotopic (exact) mass is 236 g/mol. The minimum atomic E-state index is -0.0784. The Bertz CT molecular complexity index is 403. The first-order valence-electron chi connectivity index (χ1n) is 5.70. The number of nitrogens with one attached hydrogen (secondary N) is 1. The predicted octanol–water partition coefficient (Wildman–Crippen LogP) is 1.65. The third-order valence-electron chi connectivity index (χ3n) is 2.67. The van der Waals surface area contributed by atoms with E-state index in [0.29, 0.717) is 24.4 Å². The van der Waals surface area contributed by atoms with Crippen molar-refractivity contribution in [3.8, 4) is 0 Å². The lowest BCUT2D eigenvalue weighted by molar-refractivity contribution is 0.0948. The fourth-order valence-corrected chi connectivity index (χ4v) is 1.63. The van der Waals surface area contributed by atoms with E-state index < -0.39 is 0 Å². The Balaban J connectivity index is 2.66. The van der Waals surface area contributed by atoms with Crippen molar-refractivity contribution in [3.05, 3.63) is 28.8 Å². The number of aryl methyl sites for hydroxylation is 2. The van der Waals surface area contributed by atoms with Gasteiger partial charge in [-0.25, -0.2) is 0 Å². The number of ether oxygens (including phenoxy) is 1. The van der Waals surface area contributed by atoms with Gasteiger partial charge in [-0.05, 0) is 37.5 Å². The zero-order valence-electron chi connectivity index (χ0n) is 10.7. The lowest BCUT2D eigenvalue weighted by atomic mass is 10.0. The second kappa shape index (κ2) is 6.25. The average Bonchev–Trinajstić information content (AvgIpc) is 2.29. The van der Waals surface area contributed by atoms with Crippen molar-refractivity contribution in [1.29, 1.82) is 0 Å². The first-order valence-corrected chi connectivity index (χ1v) is 5.70. The molecule has 0 spiro atoms. The maximum absolute atomic E-state index is 11.9. The summed E-state index contributed by atoms with van der Waals surface area (Å²) in [5.74, 6) is -0.0784. The number of nitrogen functional groups attached to an aromatic ring is 1. The zero-order valence-corrected chi connectivity index (χ0v) is 10.7. The molecule has 0 heterocycles. The SMILES string of the molecule is COCCCNC(=O)c1cc(N)c(C)cc1C. The number of methoxy groups -OCH3 is 1. The summed E-state index contributed by atoms with van der Waals surface area (Å²) in [5, 5.41) is 2.85. The summed E-state index contributed by atoms with van der Waals surface area (Å²) in [6.07, 6.45) is 0.808. The van der Waals surface area contributed by atoms with Crippen LogP contribution in [0.4, 0.5) is 5.69 Å². The molecule has 0 aliphatic carbocycles. The number of amides is 1. The molecular weight excluding hydrogens is 216 g/mol. The van der Waals surface area contributed by atoms with Crippen molar-refractivity contribution in [2.75, 3.05) is 26.0 Å². The van der Waals surface area contributed by atoms with Crippen LogP contribution in [0.2, 0.25) is 0 Å². The summed E-state index contributed by atoms with van der Waals surface area (Å²) in [5.41, 5.74) is 9.04. The molecule has 0 atom stereocenters. The molecule has 3 N–H and O–H groups in total. The molecule has 4 nitrogen and oxygen atoms in total. The van der Waals surface area contributed by atoms with Crippen LogP contribution in [0.3, 0.4) is 0 Å². The van der Waals surface area contributed by atoms with Gasteiger partial charge in [-0.2, -0.15) is 0 Å². The average molecular weight is 236 g/mol. The number of carbonyl (C=O) groups excluding carboxylic acids is 1. The highest BCUT2D eigenvalue weighted by molar-refractivity contribution is 5.96. The van der Waals surface area contributed by atoms with E-state index in [4.69, 9.17) is 10.5 Å². The minimum Gasteiger partial charge on any atom is -0.398 e. The van der Waals surface area contributed by atoms with E-state index in [9.17, 15) is 4.79 Å². The standard InChI is InChI=1S/C13H20N2O2/c1-9-7-10(2)12(14)8-11(9)13(16)15-5-4-6-17-3/h7-8H,4-6,14H2,1-3H3,(H,15,16). The molecule has 0 aliphatic heterocycles. The Morgan fingerprint density at radius 1 is 1.35 bits per heavy atom. The van der Waals surface area contributed by atoms with Crippen molar-refractivity contribution in [1.82, 2.24) is 5.32 Å². The van der Waals surface area contributed by atoms with Gasteiger partial charge in [0, 0.05) is 31.5 Å². The summed E-state index contributed by atoms with van der Waals surface area (Å²) in [4.78, 5) is 11.9. The molecular formula is C13H20N2O2. The van der Waals surface area contributed by atoms with Gasteiger partial charge in [0.25, 0.3) is 5.91 Å². The van der Waals surface area contributed by atoms with Crippen LogP contribution >= 0.6 is 0 Å². The Hall–Kier alpha value is -1.55. The third kappa shape index (κ3) is 3.75. The van der Waals surface area contributed by atoms with E-state index in [2.05, 4.69) is 5.32 Å². The number of hydrogen-bond acceptors (Lipinski definition) is 3. The Morgan fingerprint density at radius 2 is 2.06 bits per heavy atom. The van der Waals surface area contributed by atoms with Crippen molar-refractivity contribution in [3.63, 3.8) is 0 Å². The molecule has 0 aromatic heterocycles. The van der Waals surface area contributed by atoms with Gasteiger partial charge in [-0.1, -0.05) is 6.07 Å². The molecule has 0 radical (unpaired) electrons. The van der Waals surface area contributed by atoms with Crippen molar-refractivity contribution < 1.29 is 9.53 Å². The number of benzene rings is 1. The first kappa shape index (κ1) is 13.5.